The molecule has 21 heavy (non-hydrogen) atoms. The monoisotopic (exact) mass is 288 g/mol. The van der Waals surface area contributed by atoms with Gasteiger partial charge in [-0.15, -0.1) is 0 Å². The zero-order chi connectivity index (χ0) is 14.8. The molecule has 0 bridgehead atoms. The number of quaternary nitrogens is 1. The number of phenolic OH excluding ortho intramolecular Hbond substituents is 1. The van der Waals surface area contributed by atoms with Gasteiger partial charge in [-0.25, -0.2) is 0 Å². The molecule has 0 aliphatic carbocycles. The van der Waals surface area contributed by atoms with Gasteiger partial charge in [0.2, 0.25) is 0 Å². The van der Waals surface area contributed by atoms with Crippen LogP contribution in [0.4, 0.5) is 5.69 Å². The largest absolute Gasteiger partial charge is 0.505 e. The predicted octanol–water partition coefficient (Wildman–Crippen LogP) is 1.42. The summed E-state index contributed by atoms with van der Waals surface area (Å²) in [5.74, 6) is 0.0780. The maximum atomic E-state index is 11.3. The molecule has 1 aromatic heterocycles. The Hall–Kier alpha value is -2.21. The molecule has 6 nitrogen and oxygen atoms in total. The quantitative estimate of drug-likeness (QED) is 0.661. The lowest BCUT2D eigenvalue weighted by Gasteiger charge is -2.23. The second kappa shape index (κ2) is 5.65. The highest BCUT2D eigenvalue weighted by atomic mass is 16.6. The number of fused-ring (bicyclic) bond motifs is 1. The lowest BCUT2D eigenvalue weighted by atomic mass is 10.1. The Kier molecular flexibility index (Phi) is 3.70. The van der Waals surface area contributed by atoms with Crippen LogP contribution in [0.25, 0.3) is 10.9 Å². The third-order valence-electron chi connectivity index (χ3n) is 4.12. The van der Waals surface area contributed by atoms with Gasteiger partial charge in [0.15, 0.2) is 5.75 Å². The summed E-state index contributed by atoms with van der Waals surface area (Å²) in [7, 11) is 0. The molecule has 1 aliphatic rings. The van der Waals surface area contributed by atoms with E-state index in [9.17, 15) is 15.2 Å². The van der Waals surface area contributed by atoms with Crippen LogP contribution in [0.15, 0.2) is 24.4 Å². The fourth-order valence-corrected chi connectivity index (χ4v) is 3.05. The number of aromatic hydroxyl groups is 1. The van der Waals surface area contributed by atoms with Crippen LogP contribution in [-0.2, 0) is 6.54 Å². The molecule has 0 amide bonds. The number of aromatic nitrogens is 1. The molecular weight excluding hydrogens is 270 g/mol. The van der Waals surface area contributed by atoms with Crippen LogP contribution in [0, 0.1) is 10.1 Å². The van der Waals surface area contributed by atoms with Gasteiger partial charge in [0.05, 0.1) is 29.0 Å². The fraction of sp³-hybridized carbons (Fsp3) is 0.400. The molecule has 3 rings (SSSR count). The zero-order valence-electron chi connectivity index (χ0n) is 11.7. The maximum absolute atomic E-state index is 11.3. The first-order valence-electron chi connectivity index (χ1n) is 7.24. The van der Waals surface area contributed by atoms with Crippen molar-refractivity contribution in [3.63, 3.8) is 0 Å². The van der Waals surface area contributed by atoms with Crippen LogP contribution in [0.3, 0.4) is 0 Å². The molecule has 1 fully saturated rings. The van der Waals surface area contributed by atoms with Crippen LogP contribution >= 0.6 is 0 Å². The first kappa shape index (κ1) is 13.8. The Morgan fingerprint density at radius 1 is 1.33 bits per heavy atom. The number of hydrogen-bond donors (Lipinski definition) is 2. The van der Waals surface area contributed by atoms with Crippen molar-refractivity contribution in [3.05, 3.63) is 40.1 Å². The third-order valence-corrected chi connectivity index (χ3v) is 4.12. The summed E-state index contributed by atoms with van der Waals surface area (Å²) in [5.41, 5.74) is 0.949. The molecule has 0 radical (unpaired) electrons. The van der Waals surface area contributed by atoms with Gasteiger partial charge in [0.1, 0.15) is 12.1 Å². The zero-order valence-corrected chi connectivity index (χ0v) is 11.7. The first-order valence-corrected chi connectivity index (χ1v) is 7.24. The van der Waals surface area contributed by atoms with Gasteiger partial charge in [-0.1, -0.05) is 0 Å². The molecule has 110 valence electrons. The summed E-state index contributed by atoms with van der Waals surface area (Å²) in [6.45, 7) is 2.71. The van der Waals surface area contributed by atoms with Crippen LogP contribution in [0.2, 0.25) is 0 Å². The topological polar surface area (TPSA) is 80.7 Å². The molecular formula is C15H18N3O3+. The smallest absolute Gasteiger partial charge is 0.279 e. The van der Waals surface area contributed by atoms with Crippen LogP contribution in [-0.4, -0.2) is 28.1 Å². The molecule has 1 saturated heterocycles. The van der Waals surface area contributed by atoms with Crippen molar-refractivity contribution >= 4 is 16.6 Å². The van der Waals surface area contributed by atoms with Crippen molar-refractivity contribution in [1.82, 2.24) is 4.98 Å². The number of nitrogens with one attached hydrogen (secondary N) is 1. The Morgan fingerprint density at radius 2 is 2.10 bits per heavy atom. The minimum atomic E-state index is -0.404. The van der Waals surface area contributed by atoms with Crippen LogP contribution in [0.1, 0.15) is 24.8 Å². The standard InChI is InChI=1S/C15H17N3O3/c19-15-11(10-17-7-2-1-3-8-17)9-13(18(20)21)12-5-4-6-16-14(12)15/h4-6,9,19H,1-3,7-8,10H2/p+1. The van der Waals surface area contributed by atoms with Crippen molar-refractivity contribution in [3.8, 4) is 5.75 Å². The number of nitro benzene ring substituents is 1. The number of piperidine rings is 1. The second-order valence-electron chi connectivity index (χ2n) is 5.55. The average molecular weight is 288 g/mol. The normalized spacial score (nSPS) is 16.2. The molecule has 2 N–H and O–H groups in total. The van der Waals surface area contributed by atoms with Crippen molar-refractivity contribution in [2.45, 2.75) is 25.8 Å². The number of hydrogen-bond acceptors (Lipinski definition) is 4. The number of phenols is 1. The second-order valence-corrected chi connectivity index (χ2v) is 5.55. The van der Waals surface area contributed by atoms with Gasteiger partial charge in [-0.05, 0) is 31.4 Å². The van der Waals surface area contributed by atoms with Gasteiger partial charge in [0, 0.05) is 12.3 Å². The Labute approximate surface area is 122 Å². The van der Waals surface area contributed by atoms with Crippen LogP contribution in [0.5, 0.6) is 5.75 Å². The lowest BCUT2D eigenvalue weighted by Crippen LogP contribution is -3.11. The summed E-state index contributed by atoms with van der Waals surface area (Å²) >= 11 is 0. The summed E-state index contributed by atoms with van der Waals surface area (Å²) in [6, 6.07) is 4.77. The molecule has 6 heteroatoms. The minimum absolute atomic E-state index is 0.0160. The van der Waals surface area contributed by atoms with E-state index in [0.29, 0.717) is 23.0 Å². The van der Waals surface area contributed by atoms with Crippen molar-refractivity contribution < 1.29 is 14.9 Å². The number of nitro groups is 1. The number of likely N-dealkylation sites (tertiary alicyclic amines) is 1. The first-order chi connectivity index (χ1) is 10.2. The van der Waals surface area contributed by atoms with E-state index in [0.717, 1.165) is 13.1 Å². The molecule has 0 saturated carbocycles. The van der Waals surface area contributed by atoms with Gasteiger partial charge >= 0.3 is 0 Å². The Bertz CT molecular complexity index is 681. The molecule has 1 aromatic carbocycles. The molecule has 2 heterocycles. The highest BCUT2D eigenvalue weighted by molar-refractivity contribution is 5.93. The molecule has 0 atom stereocenters. The van der Waals surface area contributed by atoms with E-state index in [4.69, 9.17) is 0 Å². The van der Waals surface area contributed by atoms with Crippen LogP contribution < -0.4 is 4.90 Å². The van der Waals surface area contributed by atoms with Gasteiger partial charge < -0.3 is 10.0 Å². The summed E-state index contributed by atoms with van der Waals surface area (Å²) in [6.07, 6.45) is 5.13. The molecule has 0 unspecified atom stereocenters. The van der Waals surface area contributed by atoms with Gasteiger partial charge in [0.25, 0.3) is 5.69 Å². The van der Waals surface area contributed by atoms with Crippen molar-refractivity contribution in [1.29, 1.82) is 0 Å². The van der Waals surface area contributed by atoms with Crippen molar-refractivity contribution in [2.75, 3.05) is 13.1 Å². The van der Waals surface area contributed by atoms with E-state index < -0.39 is 4.92 Å². The number of pyridine rings is 1. The Balaban J connectivity index is 2.05. The number of nitrogens with zero attached hydrogens (tertiary/aromatic N) is 2. The lowest BCUT2D eigenvalue weighted by molar-refractivity contribution is -0.918. The predicted molar refractivity (Wildman–Crippen MR) is 78.3 cm³/mol. The number of rotatable bonds is 3. The molecule has 2 aromatic rings. The summed E-state index contributed by atoms with van der Waals surface area (Å²) in [4.78, 5) is 16.3. The number of non-ortho nitro benzene ring substituents is 1. The van der Waals surface area contributed by atoms with E-state index in [1.54, 1.807) is 18.3 Å². The summed E-state index contributed by atoms with van der Waals surface area (Å²) < 4.78 is 0. The molecule has 0 spiro atoms. The van der Waals surface area contributed by atoms with E-state index in [2.05, 4.69) is 4.98 Å². The highest BCUT2D eigenvalue weighted by Gasteiger charge is 2.23. The van der Waals surface area contributed by atoms with E-state index in [-0.39, 0.29) is 11.4 Å². The SMILES string of the molecule is O=[N+]([O-])c1cc(C[NH+]2CCCCC2)c(O)c2ncccc12. The van der Waals surface area contributed by atoms with E-state index >= 15 is 0 Å². The van der Waals surface area contributed by atoms with E-state index in [1.807, 2.05) is 0 Å². The summed E-state index contributed by atoms with van der Waals surface area (Å²) in [5, 5.41) is 22.0. The fourth-order valence-electron chi connectivity index (χ4n) is 3.05. The van der Waals surface area contributed by atoms with E-state index in [1.165, 1.54) is 30.2 Å². The molecule has 1 aliphatic heterocycles. The number of benzene rings is 1. The van der Waals surface area contributed by atoms with Crippen molar-refractivity contribution in [2.24, 2.45) is 0 Å². The Morgan fingerprint density at radius 3 is 2.81 bits per heavy atom. The third kappa shape index (κ3) is 2.67. The average Bonchev–Trinajstić information content (AvgIpc) is 2.51. The van der Waals surface area contributed by atoms with Gasteiger partial charge in [-0.3, -0.25) is 15.1 Å². The highest BCUT2D eigenvalue weighted by Crippen LogP contribution is 2.33. The maximum Gasteiger partial charge on any atom is 0.279 e. The van der Waals surface area contributed by atoms with Gasteiger partial charge in [-0.2, -0.15) is 0 Å². The minimum Gasteiger partial charge on any atom is -0.505 e.